The summed E-state index contributed by atoms with van der Waals surface area (Å²) in [4.78, 5) is 22.5. The van der Waals surface area contributed by atoms with Crippen LogP contribution in [0.25, 0.3) is 0 Å². The fourth-order valence-electron chi connectivity index (χ4n) is 2.33. The highest BCUT2D eigenvalue weighted by Crippen LogP contribution is 2.44. The average Bonchev–Trinajstić information content (AvgIpc) is 2.36. The van der Waals surface area contributed by atoms with Crippen molar-refractivity contribution in [3.05, 3.63) is 22.8 Å². The molecule has 0 atom stereocenters. The molecule has 4 nitrogen and oxygen atoms in total. The van der Waals surface area contributed by atoms with Crippen LogP contribution in [-0.2, 0) is 28.6 Å². The van der Waals surface area contributed by atoms with Gasteiger partial charge in [0.1, 0.15) is 5.69 Å². The fraction of sp³-hybridized carbons (Fsp3) is 0.385. The summed E-state index contributed by atoms with van der Waals surface area (Å²) in [6, 6.07) is 1.46. The van der Waals surface area contributed by atoms with E-state index in [1.54, 1.807) is 13.8 Å². The molecular formula is C13H12F3N2O2. The van der Waals surface area contributed by atoms with Crippen molar-refractivity contribution < 1.29 is 22.8 Å². The smallest absolute Gasteiger partial charge is 0.316 e. The van der Waals surface area contributed by atoms with Crippen LogP contribution in [0.3, 0.4) is 0 Å². The van der Waals surface area contributed by atoms with Crippen molar-refractivity contribution in [3.8, 4) is 0 Å². The molecule has 0 saturated heterocycles. The zero-order valence-corrected chi connectivity index (χ0v) is 10.9. The molecule has 107 valence electrons. The van der Waals surface area contributed by atoms with Crippen molar-refractivity contribution in [2.45, 2.75) is 32.9 Å². The molecule has 2 amide bonds. The van der Waals surface area contributed by atoms with E-state index in [0.717, 1.165) is 0 Å². The second kappa shape index (κ2) is 4.81. The van der Waals surface area contributed by atoms with E-state index in [1.165, 1.54) is 6.07 Å². The monoisotopic (exact) mass is 285 g/mol. The number of hydrogen-bond donors (Lipinski definition) is 1. The summed E-state index contributed by atoms with van der Waals surface area (Å²) >= 11 is 0. The first-order valence-corrected chi connectivity index (χ1v) is 6.12. The lowest BCUT2D eigenvalue weighted by molar-refractivity contribution is -0.139. The van der Waals surface area contributed by atoms with Gasteiger partial charge in [-0.2, -0.15) is 13.2 Å². The number of carbonyl (C=O) groups excluding carboxylic acids is 2. The van der Waals surface area contributed by atoms with Crippen LogP contribution in [0.5, 0.6) is 0 Å². The van der Waals surface area contributed by atoms with Gasteiger partial charge in [-0.3, -0.25) is 9.59 Å². The summed E-state index contributed by atoms with van der Waals surface area (Å²) < 4.78 is 39.8. The summed E-state index contributed by atoms with van der Waals surface area (Å²) in [5.41, 5.74) is -0.871. The van der Waals surface area contributed by atoms with Crippen LogP contribution in [0.1, 0.15) is 30.5 Å². The molecule has 0 bridgehead atoms. The predicted molar refractivity (Wildman–Crippen MR) is 65.6 cm³/mol. The molecule has 1 aromatic carbocycles. The van der Waals surface area contributed by atoms with Crippen molar-refractivity contribution in [3.63, 3.8) is 0 Å². The number of benzene rings is 1. The molecule has 1 radical (unpaired) electrons. The van der Waals surface area contributed by atoms with Gasteiger partial charge in [-0.05, 0) is 30.0 Å². The number of rotatable bonds is 2. The van der Waals surface area contributed by atoms with Gasteiger partial charge in [-0.15, -0.1) is 0 Å². The van der Waals surface area contributed by atoms with Crippen LogP contribution in [0, 0.1) is 0 Å². The lowest BCUT2D eigenvalue weighted by Gasteiger charge is -2.24. The quantitative estimate of drug-likeness (QED) is 0.849. The number of anilines is 1. The van der Waals surface area contributed by atoms with Crippen LogP contribution in [0.4, 0.5) is 24.5 Å². The van der Waals surface area contributed by atoms with E-state index in [1.807, 2.05) is 0 Å². The Kier molecular flexibility index (Phi) is 3.45. The number of carbonyl (C=O) groups is 2. The first-order chi connectivity index (χ1) is 9.29. The number of fused-ring (bicyclic) bond motifs is 1. The van der Waals surface area contributed by atoms with Gasteiger partial charge in [0.05, 0.1) is 11.3 Å². The summed E-state index contributed by atoms with van der Waals surface area (Å²) in [5, 5.41) is 5.47. The predicted octanol–water partition coefficient (Wildman–Crippen LogP) is 2.54. The number of nitrogens with zero attached hydrogens (tertiary/aromatic N) is 1. The standard InChI is InChI=1S/C13H12F3N2O2/c1-3-6-5-8-10(18-12(20)11(19)17-8)9(7(6)4-2)13(14,15)16/h5H,3-4H2,1-2H3,(H,17,19). The maximum atomic E-state index is 13.3. The number of aryl methyl sites for hydroxylation is 1. The number of alkyl halides is 3. The van der Waals surface area contributed by atoms with Gasteiger partial charge in [-0.1, -0.05) is 13.8 Å². The van der Waals surface area contributed by atoms with Crippen LogP contribution in [0.2, 0.25) is 0 Å². The van der Waals surface area contributed by atoms with E-state index in [0.29, 0.717) is 12.0 Å². The number of nitrogens with one attached hydrogen (secondary N) is 1. The van der Waals surface area contributed by atoms with E-state index < -0.39 is 29.2 Å². The Balaban J connectivity index is 2.78. The zero-order chi connectivity index (χ0) is 15.1. The summed E-state index contributed by atoms with van der Waals surface area (Å²) in [6.07, 6.45) is -4.07. The molecule has 0 saturated carbocycles. The summed E-state index contributed by atoms with van der Waals surface area (Å²) in [6.45, 7) is 3.34. The minimum Gasteiger partial charge on any atom is -0.316 e. The Morgan fingerprint density at radius 1 is 1.20 bits per heavy atom. The van der Waals surface area contributed by atoms with Crippen molar-refractivity contribution in [2.24, 2.45) is 0 Å². The van der Waals surface area contributed by atoms with E-state index >= 15 is 0 Å². The maximum absolute atomic E-state index is 13.3. The largest absolute Gasteiger partial charge is 0.418 e. The van der Waals surface area contributed by atoms with Gasteiger partial charge >= 0.3 is 18.0 Å². The van der Waals surface area contributed by atoms with Crippen molar-refractivity contribution in [1.29, 1.82) is 0 Å². The molecule has 1 N–H and O–H groups in total. The van der Waals surface area contributed by atoms with E-state index in [9.17, 15) is 22.8 Å². The number of hydrogen-bond acceptors (Lipinski definition) is 2. The molecule has 1 aromatic rings. The van der Waals surface area contributed by atoms with Gasteiger partial charge in [0.15, 0.2) is 0 Å². The van der Waals surface area contributed by atoms with Gasteiger partial charge in [0, 0.05) is 0 Å². The van der Waals surface area contributed by atoms with Crippen LogP contribution in [-0.4, -0.2) is 11.8 Å². The Morgan fingerprint density at radius 2 is 1.85 bits per heavy atom. The van der Waals surface area contributed by atoms with Crippen LogP contribution in [0.15, 0.2) is 6.07 Å². The third-order valence-electron chi connectivity index (χ3n) is 3.17. The second-order valence-electron chi connectivity index (χ2n) is 4.36. The molecule has 0 aromatic heterocycles. The lowest BCUT2D eigenvalue weighted by atomic mass is 9.93. The van der Waals surface area contributed by atoms with Crippen LogP contribution < -0.4 is 10.6 Å². The normalized spacial score (nSPS) is 14.7. The second-order valence-corrected chi connectivity index (χ2v) is 4.36. The topological polar surface area (TPSA) is 60.3 Å². The first-order valence-electron chi connectivity index (χ1n) is 6.12. The molecule has 0 unspecified atom stereocenters. The van der Waals surface area contributed by atoms with Gasteiger partial charge in [0.25, 0.3) is 0 Å². The molecule has 7 heteroatoms. The summed E-state index contributed by atoms with van der Waals surface area (Å²) in [5.74, 6) is -2.23. The molecule has 0 aliphatic carbocycles. The van der Waals surface area contributed by atoms with E-state index in [-0.39, 0.29) is 17.7 Å². The van der Waals surface area contributed by atoms with Gasteiger partial charge < -0.3 is 5.32 Å². The molecule has 0 spiro atoms. The third-order valence-corrected chi connectivity index (χ3v) is 3.17. The highest BCUT2D eigenvalue weighted by Gasteiger charge is 2.41. The number of halogens is 3. The molecule has 20 heavy (non-hydrogen) atoms. The van der Waals surface area contributed by atoms with Crippen molar-refractivity contribution >= 4 is 23.2 Å². The van der Waals surface area contributed by atoms with E-state index in [4.69, 9.17) is 0 Å². The van der Waals surface area contributed by atoms with E-state index in [2.05, 4.69) is 10.6 Å². The molecule has 0 fully saturated rings. The Bertz CT molecular complexity index is 594. The maximum Gasteiger partial charge on any atom is 0.418 e. The van der Waals surface area contributed by atoms with Crippen LogP contribution >= 0.6 is 0 Å². The molecule has 2 rings (SSSR count). The number of amides is 2. The first kappa shape index (κ1) is 14.4. The lowest BCUT2D eigenvalue weighted by Crippen LogP contribution is -2.35. The SMILES string of the molecule is CCc1cc2c(c(C(F)(F)F)c1CC)[N]C(=O)C(=O)N2. The van der Waals surface area contributed by atoms with Gasteiger partial charge in [0.2, 0.25) is 0 Å². The summed E-state index contributed by atoms with van der Waals surface area (Å²) in [7, 11) is 0. The minimum absolute atomic E-state index is 0.0593. The average molecular weight is 285 g/mol. The third kappa shape index (κ3) is 2.23. The fourth-order valence-corrected chi connectivity index (χ4v) is 2.33. The molecule has 1 aliphatic heterocycles. The van der Waals surface area contributed by atoms with Gasteiger partial charge in [-0.25, -0.2) is 5.32 Å². The van der Waals surface area contributed by atoms with Crippen molar-refractivity contribution in [1.82, 2.24) is 5.32 Å². The Morgan fingerprint density at radius 3 is 2.35 bits per heavy atom. The molecule has 1 aliphatic rings. The Labute approximate surface area is 113 Å². The van der Waals surface area contributed by atoms with Crippen molar-refractivity contribution in [2.75, 3.05) is 5.32 Å². The minimum atomic E-state index is -4.63. The highest BCUT2D eigenvalue weighted by molar-refractivity contribution is 6.42. The Hall–Kier alpha value is -2.05. The zero-order valence-electron chi connectivity index (χ0n) is 10.9. The highest BCUT2D eigenvalue weighted by atomic mass is 19.4. The molecular weight excluding hydrogens is 273 g/mol. The molecule has 1 heterocycles.